The van der Waals surface area contributed by atoms with Gasteiger partial charge in [-0.3, -0.25) is 9.69 Å². The van der Waals surface area contributed by atoms with Gasteiger partial charge in [-0.05, 0) is 43.2 Å². The third-order valence-electron chi connectivity index (χ3n) is 7.59. The van der Waals surface area contributed by atoms with Crippen LogP contribution in [-0.2, 0) is 20.8 Å². The summed E-state index contributed by atoms with van der Waals surface area (Å²) in [6.07, 6.45) is 7.88. The van der Waals surface area contributed by atoms with Crippen molar-refractivity contribution in [3.63, 3.8) is 0 Å². The number of benzene rings is 1. The normalized spacial score (nSPS) is 28.4. The quantitative estimate of drug-likeness (QED) is 0.721. The van der Waals surface area contributed by atoms with E-state index in [1.807, 2.05) is 4.90 Å². The van der Waals surface area contributed by atoms with Gasteiger partial charge >= 0.3 is 0 Å². The Kier molecular flexibility index (Phi) is 5.89. The van der Waals surface area contributed by atoms with Crippen LogP contribution < -0.4 is 4.90 Å². The van der Waals surface area contributed by atoms with Crippen LogP contribution in [0.3, 0.4) is 0 Å². The molecule has 2 atom stereocenters. The molecule has 2 fully saturated rings. The van der Waals surface area contributed by atoms with Crippen LogP contribution in [0.5, 0.6) is 0 Å². The van der Waals surface area contributed by atoms with E-state index in [0.717, 1.165) is 57.2 Å². The largest absolute Gasteiger partial charge is 0.490 e. The molecule has 32 heavy (non-hydrogen) atoms. The van der Waals surface area contributed by atoms with Crippen molar-refractivity contribution in [3.05, 3.63) is 53.5 Å². The van der Waals surface area contributed by atoms with Gasteiger partial charge < -0.3 is 19.3 Å². The fourth-order valence-corrected chi connectivity index (χ4v) is 5.74. The number of nitrogens with zero attached hydrogens (tertiary/aromatic N) is 3. The summed E-state index contributed by atoms with van der Waals surface area (Å²) in [7, 11) is 0. The smallest absolute Gasteiger partial charge is 0.219 e. The minimum absolute atomic E-state index is 0.0758. The van der Waals surface area contributed by atoms with Gasteiger partial charge in [0.25, 0.3) is 0 Å². The molecule has 172 valence electrons. The molecule has 6 nitrogen and oxygen atoms in total. The third kappa shape index (κ3) is 4.25. The van der Waals surface area contributed by atoms with Crippen LogP contribution in [0.1, 0.15) is 38.7 Å². The summed E-state index contributed by atoms with van der Waals surface area (Å²) in [5.41, 5.74) is 2.70. The first-order valence-electron chi connectivity index (χ1n) is 12.0. The van der Waals surface area contributed by atoms with Gasteiger partial charge in [-0.25, -0.2) is 0 Å². The first-order chi connectivity index (χ1) is 15.5. The molecule has 1 amide bonds. The average molecular weight is 438 g/mol. The van der Waals surface area contributed by atoms with Crippen LogP contribution in [0.4, 0.5) is 5.69 Å². The van der Waals surface area contributed by atoms with Crippen molar-refractivity contribution in [2.75, 3.05) is 50.8 Å². The standard InChI is InChI=1S/C26H35N3O3/c1-20(30)27-12-14-28(15-13-27)22-7-5-21(6-8-22)19-29-11-3-4-25(29)26(2)10-9-23-24(18-26)32-17-16-31-23/h5-10,25H,3-4,11-19H2,1-2H3/t25-,26?/m1/s1. The SMILES string of the molecule is CC(=O)N1CCN(c2ccc(CN3CCC[C@@H]3C3(C)C=CC4=C(C3)OCCO4)cc2)CC1. The van der Waals surface area contributed by atoms with Crippen molar-refractivity contribution >= 4 is 11.6 Å². The molecule has 0 radical (unpaired) electrons. The van der Waals surface area contributed by atoms with Crippen molar-refractivity contribution in [3.8, 4) is 0 Å². The number of hydrogen-bond donors (Lipinski definition) is 0. The maximum Gasteiger partial charge on any atom is 0.219 e. The van der Waals surface area contributed by atoms with Gasteiger partial charge in [-0.1, -0.05) is 25.1 Å². The minimum atomic E-state index is 0.0758. The lowest BCUT2D eigenvalue weighted by Crippen LogP contribution is -2.48. The number of anilines is 1. The summed E-state index contributed by atoms with van der Waals surface area (Å²) in [4.78, 5) is 18.5. The van der Waals surface area contributed by atoms with Crippen molar-refractivity contribution in [1.29, 1.82) is 0 Å². The first kappa shape index (κ1) is 21.4. The predicted molar refractivity (Wildman–Crippen MR) is 125 cm³/mol. The highest BCUT2D eigenvalue weighted by Crippen LogP contribution is 2.44. The van der Waals surface area contributed by atoms with Gasteiger partial charge in [0.15, 0.2) is 5.76 Å². The lowest BCUT2D eigenvalue weighted by molar-refractivity contribution is -0.129. The molecule has 3 aliphatic heterocycles. The molecule has 1 aromatic carbocycles. The Morgan fingerprint density at radius 2 is 1.81 bits per heavy atom. The Balaban J connectivity index is 1.22. The number of piperazine rings is 1. The van der Waals surface area contributed by atoms with Crippen LogP contribution in [0.2, 0.25) is 0 Å². The molecule has 6 heteroatoms. The Morgan fingerprint density at radius 1 is 1.06 bits per heavy atom. The van der Waals surface area contributed by atoms with Crippen LogP contribution in [0.25, 0.3) is 0 Å². The molecule has 1 unspecified atom stereocenters. The predicted octanol–water partition coefficient (Wildman–Crippen LogP) is 3.54. The van der Waals surface area contributed by atoms with Gasteiger partial charge in [-0.2, -0.15) is 0 Å². The minimum Gasteiger partial charge on any atom is -0.490 e. The molecule has 0 N–H and O–H groups in total. The third-order valence-corrected chi connectivity index (χ3v) is 7.59. The highest BCUT2D eigenvalue weighted by molar-refractivity contribution is 5.73. The highest BCUT2D eigenvalue weighted by atomic mass is 16.6. The van der Waals surface area contributed by atoms with Gasteiger partial charge in [0.2, 0.25) is 5.91 Å². The molecule has 5 rings (SSSR count). The van der Waals surface area contributed by atoms with Crippen molar-refractivity contribution in [2.24, 2.45) is 5.41 Å². The fraction of sp³-hybridized carbons (Fsp3) is 0.577. The first-order valence-corrected chi connectivity index (χ1v) is 12.0. The molecule has 1 aliphatic carbocycles. The lowest BCUT2D eigenvalue weighted by atomic mass is 9.74. The number of ether oxygens (including phenoxy) is 2. The number of amides is 1. The fourth-order valence-electron chi connectivity index (χ4n) is 5.74. The second-order valence-corrected chi connectivity index (χ2v) is 9.79. The van der Waals surface area contributed by atoms with Gasteiger partial charge in [0.1, 0.15) is 19.0 Å². The number of carbonyl (C=O) groups excluding carboxylic acids is 1. The van der Waals surface area contributed by atoms with Crippen LogP contribution in [0.15, 0.2) is 47.9 Å². The molecule has 0 aromatic heterocycles. The Morgan fingerprint density at radius 3 is 2.56 bits per heavy atom. The number of carbonyl (C=O) groups is 1. The van der Waals surface area contributed by atoms with E-state index in [2.05, 4.69) is 53.1 Å². The molecule has 1 aromatic rings. The zero-order valence-corrected chi connectivity index (χ0v) is 19.4. The Labute approximate surface area is 191 Å². The van der Waals surface area contributed by atoms with Gasteiger partial charge in [0.05, 0.1) is 0 Å². The topological polar surface area (TPSA) is 45.3 Å². The number of likely N-dealkylation sites (tertiary alicyclic amines) is 1. The second-order valence-electron chi connectivity index (χ2n) is 9.79. The Bertz CT molecular complexity index is 901. The highest BCUT2D eigenvalue weighted by Gasteiger charge is 2.42. The molecular weight excluding hydrogens is 402 g/mol. The van der Waals surface area contributed by atoms with E-state index in [1.165, 1.54) is 24.1 Å². The maximum atomic E-state index is 11.6. The number of rotatable bonds is 4. The molecule has 4 aliphatic rings. The van der Waals surface area contributed by atoms with Crippen molar-refractivity contribution in [1.82, 2.24) is 9.80 Å². The second kappa shape index (κ2) is 8.81. The number of hydrogen-bond acceptors (Lipinski definition) is 5. The van der Waals surface area contributed by atoms with E-state index in [9.17, 15) is 4.79 Å². The van der Waals surface area contributed by atoms with Crippen LogP contribution in [0, 0.1) is 5.41 Å². The van der Waals surface area contributed by atoms with Crippen LogP contribution >= 0.6 is 0 Å². The summed E-state index contributed by atoms with van der Waals surface area (Å²) in [5, 5.41) is 0. The Hall–Kier alpha value is -2.47. The zero-order valence-electron chi connectivity index (χ0n) is 19.4. The molecule has 2 saturated heterocycles. The van der Waals surface area contributed by atoms with Crippen molar-refractivity contribution in [2.45, 2.75) is 45.7 Å². The monoisotopic (exact) mass is 437 g/mol. The summed E-state index contributed by atoms with van der Waals surface area (Å²) >= 11 is 0. The van der Waals surface area contributed by atoms with E-state index < -0.39 is 0 Å². The van der Waals surface area contributed by atoms with E-state index in [4.69, 9.17) is 9.47 Å². The average Bonchev–Trinajstić information content (AvgIpc) is 3.29. The van der Waals surface area contributed by atoms with Gasteiger partial charge in [0, 0.05) is 63.2 Å². The summed E-state index contributed by atoms with van der Waals surface area (Å²) in [6, 6.07) is 9.56. The zero-order chi connectivity index (χ0) is 22.1. The lowest BCUT2D eigenvalue weighted by Gasteiger charge is -2.41. The maximum absolute atomic E-state index is 11.6. The molecule has 3 heterocycles. The number of allylic oxidation sites excluding steroid dienone is 2. The summed E-state index contributed by atoms with van der Waals surface area (Å²) in [5.74, 6) is 2.14. The van der Waals surface area contributed by atoms with Crippen molar-refractivity contribution < 1.29 is 14.3 Å². The summed E-state index contributed by atoms with van der Waals surface area (Å²) in [6.45, 7) is 10.9. The molecule has 0 bridgehead atoms. The van der Waals surface area contributed by atoms with E-state index in [0.29, 0.717) is 19.3 Å². The molecule has 0 saturated carbocycles. The van der Waals surface area contributed by atoms with E-state index in [1.54, 1.807) is 6.92 Å². The van der Waals surface area contributed by atoms with E-state index >= 15 is 0 Å². The van der Waals surface area contributed by atoms with Crippen LogP contribution in [-0.4, -0.2) is 67.7 Å². The van der Waals surface area contributed by atoms with E-state index in [-0.39, 0.29) is 11.3 Å². The molecule has 0 spiro atoms. The summed E-state index contributed by atoms with van der Waals surface area (Å²) < 4.78 is 11.7. The molecular formula is C26H35N3O3. The van der Waals surface area contributed by atoms with Gasteiger partial charge in [-0.15, -0.1) is 0 Å².